The zero-order valence-corrected chi connectivity index (χ0v) is 23.6. The molecule has 9 nitrogen and oxygen atoms in total. The molecule has 1 saturated carbocycles. The van der Waals surface area contributed by atoms with E-state index in [1.807, 2.05) is 24.3 Å². The number of H-pyrrole nitrogens is 1. The van der Waals surface area contributed by atoms with Crippen molar-refractivity contribution in [1.82, 2.24) is 15.2 Å². The van der Waals surface area contributed by atoms with Crippen LogP contribution in [0.25, 0.3) is 10.9 Å². The molecule has 2 fully saturated rings. The molecular formula is C33H37N3O6. The number of phenolic OH excluding ortho intramolecular Hbond substituents is 1. The molecule has 4 unspecified atom stereocenters. The number of rotatable bonds is 9. The van der Waals surface area contributed by atoms with Gasteiger partial charge < -0.3 is 30.4 Å². The lowest BCUT2D eigenvalue weighted by atomic mass is 9.49. The molecule has 2 aliphatic heterocycles. The fraction of sp³-hybridized carbons (Fsp3) is 0.515. The van der Waals surface area contributed by atoms with E-state index in [1.165, 1.54) is 12.8 Å². The SMILES string of the molecule is O=C(O)CCCCCNC(=O)c1cccc2c3c([nH]c12)C1Oc2c(O)ccc4c2C12CCN(CC1CC1)C(C4)C2(O)C3. The molecule has 9 heteroatoms. The van der Waals surface area contributed by atoms with E-state index in [0.29, 0.717) is 43.0 Å². The molecule has 1 saturated heterocycles. The van der Waals surface area contributed by atoms with E-state index in [2.05, 4.69) is 15.2 Å². The van der Waals surface area contributed by atoms with E-state index >= 15 is 0 Å². The van der Waals surface area contributed by atoms with Gasteiger partial charge in [0.05, 0.1) is 27.8 Å². The Morgan fingerprint density at radius 2 is 2.00 bits per heavy atom. The summed E-state index contributed by atoms with van der Waals surface area (Å²) in [6.45, 7) is 2.36. The normalized spacial score (nSPS) is 28.7. The van der Waals surface area contributed by atoms with Crippen molar-refractivity contribution in [2.75, 3.05) is 19.6 Å². The molecule has 5 aliphatic rings. The highest BCUT2D eigenvalue weighted by atomic mass is 16.5. The van der Waals surface area contributed by atoms with Crippen molar-refractivity contribution < 1.29 is 29.6 Å². The largest absolute Gasteiger partial charge is 0.504 e. The van der Waals surface area contributed by atoms with Gasteiger partial charge in [-0.05, 0) is 74.2 Å². The number of carbonyl (C=O) groups excluding carboxylic acids is 1. The summed E-state index contributed by atoms with van der Waals surface area (Å²) in [6.07, 6.45) is 6.13. The van der Waals surface area contributed by atoms with Crippen LogP contribution in [0.3, 0.4) is 0 Å². The molecule has 220 valence electrons. The number of carboxylic acid groups (broad SMARTS) is 1. The summed E-state index contributed by atoms with van der Waals surface area (Å²) in [4.78, 5) is 30.2. The van der Waals surface area contributed by atoms with Crippen molar-refractivity contribution in [1.29, 1.82) is 0 Å². The highest BCUT2D eigenvalue weighted by Gasteiger charge is 2.72. The number of benzene rings is 2. The summed E-state index contributed by atoms with van der Waals surface area (Å²) in [5.41, 5.74) is 3.53. The van der Waals surface area contributed by atoms with Crippen LogP contribution >= 0.6 is 0 Å². The maximum absolute atomic E-state index is 13.3. The van der Waals surface area contributed by atoms with E-state index in [4.69, 9.17) is 9.84 Å². The zero-order valence-electron chi connectivity index (χ0n) is 23.6. The number of likely N-dealkylation sites (tertiary alicyclic amines) is 1. The summed E-state index contributed by atoms with van der Waals surface area (Å²) in [6, 6.07) is 9.41. The van der Waals surface area contributed by atoms with Gasteiger partial charge in [0, 0.05) is 42.9 Å². The standard InChI is InChI=1S/C33H37N3O6/c37-23-11-10-19-15-24-33(41)16-22-20-5-4-6-21(31(40)34-13-3-1-2-7-25(38)39)27(20)35-28(22)30-32(33,26(19)29(23)42-30)12-14-36(24)17-18-8-9-18/h4-6,10-11,18,24,30,35,37,41H,1-3,7-9,12-17H2,(H,34,40)(H,38,39). The number of piperidine rings is 1. The Labute approximate surface area is 243 Å². The second-order valence-electron chi connectivity index (χ2n) is 13.1. The molecule has 42 heavy (non-hydrogen) atoms. The molecule has 5 N–H and O–H groups in total. The minimum Gasteiger partial charge on any atom is -0.504 e. The van der Waals surface area contributed by atoms with Crippen molar-refractivity contribution >= 4 is 22.8 Å². The first kappa shape index (κ1) is 26.1. The Bertz CT molecular complexity index is 1630. The fourth-order valence-corrected chi connectivity index (χ4v) is 8.71. The van der Waals surface area contributed by atoms with Gasteiger partial charge in [-0.25, -0.2) is 0 Å². The van der Waals surface area contributed by atoms with E-state index in [0.717, 1.165) is 65.6 Å². The monoisotopic (exact) mass is 571 g/mol. The number of hydrogen-bond donors (Lipinski definition) is 5. The number of hydrogen-bond acceptors (Lipinski definition) is 6. The van der Waals surface area contributed by atoms with Crippen LogP contribution in [-0.4, -0.2) is 68.4 Å². The van der Waals surface area contributed by atoms with Crippen molar-refractivity contribution in [3.8, 4) is 11.5 Å². The number of ether oxygens (including phenoxy) is 1. The second-order valence-corrected chi connectivity index (χ2v) is 13.1. The Hall–Kier alpha value is -3.56. The molecule has 8 rings (SSSR count). The van der Waals surface area contributed by atoms with E-state index < -0.39 is 23.1 Å². The van der Waals surface area contributed by atoms with Gasteiger partial charge in [0.2, 0.25) is 0 Å². The van der Waals surface area contributed by atoms with Gasteiger partial charge >= 0.3 is 5.97 Å². The third-order valence-electron chi connectivity index (χ3n) is 10.8. The minimum atomic E-state index is -1.08. The number of aliphatic hydroxyl groups is 1. The molecule has 0 radical (unpaired) electrons. The first-order chi connectivity index (χ1) is 20.3. The topological polar surface area (TPSA) is 135 Å². The number of carboxylic acids is 1. The summed E-state index contributed by atoms with van der Waals surface area (Å²) in [5.74, 6) is 0.333. The third-order valence-corrected chi connectivity index (χ3v) is 10.8. The van der Waals surface area contributed by atoms with Gasteiger partial charge in [-0.15, -0.1) is 0 Å². The quantitative estimate of drug-likeness (QED) is 0.246. The van der Waals surface area contributed by atoms with Gasteiger partial charge in [0.15, 0.2) is 17.6 Å². The molecule has 4 atom stereocenters. The van der Waals surface area contributed by atoms with Crippen LogP contribution in [-0.2, 0) is 23.1 Å². The van der Waals surface area contributed by atoms with E-state index in [1.54, 1.807) is 6.07 Å². The minimum absolute atomic E-state index is 0.0494. The number of nitrogens with zero attached hydrogens (tertiary/aromatic N) is 1. The number of phenols is 1. The highest BCUT2D eigenvalue weighted by Crippen LogP contribution is 2.69. The lowest BCUT2D eigenvalue weighted by Crippen LogP contribution is -2.74. The number of aromatic nitrogens is 1. The van der Waals surface area contributed by atoms with Gasteiger partial charge in [0.1, 0.15) is 0 Å². The Morgan fingerprint density at radius 3 is 2.81 bits per heavy atom. The molecular weight excluding hydrogens is 534 g/mol. The van der Waals surface area contributed by atoms with Crippen LogP contribution in [0.2, 0.25) is 0 Å². The van der Waals surface area contributed by atoms with Crippen molar-refractivity contribution in [2.24, 2.45) is 5.92 Å². The van der Waals surface area contributed by atoms with Crippen molar-refractivity contribution in [3.63, 3.8) is 0 Å². The lowest BCUT2D eigenvalue weighted by molar-refractivity contribution is -0.173. The fourth-order valence-electron chi connectivity index (χ4n) is 8.71. The van der Waals surface area contributed by atoms with Crippen molar-refractivity contribution in [3.05, 3.63) is 58.3 Å². The van der Waals surface area contributed by atoms with Gasteiger partial charge in [-0.1, -0.05) is 24.6 Å². The first-order valence-electron chi connectivity index (χ1n) is 15.4. The molecule has 3 aliphatic carbocycles. The maximum atomic E-state index is 13.3. The molecule has 1 amide bonds. The third kappa shape index (κ3) is 3.56. The maximum Gasteiger partial charge on any atom is 0.303 e. The average Bonchev–Trinajstić information content (AvgIpc) is 3.60. The molecule has 1 spiro atoms. The molecule has 3 heterocycles. The summed E-state index contributed by atoms with van der Waals surface area (Å²) in [5, 5.41) is 36.7. The van der Waals surface area contributed by atoms with Crippen LogP contribution in [0.5, 0.6) is 11.5 Å². The number of amides is 1. The molecule has 3 aromatic rings. The average molecular weight is 572 g/mol. The zero-order chi connectivity index (χ0) is 28.8. The number of aromatic hydroxyl groups is 1. The van der Waals surface area contributed by atoms with Gasteiger partial charge in [-0.3, -0.25) is 14.5 Å². The molecule has 2 bridgehead atoms. The smallest absolute Gasteiger partial charge is 0.303 e. The Balaban J connectivity index is 1.18. The van der Waals surface area contributed by atoms with Crippen LogP contribution in [0.4, 0.5) is 0 Å². The highest BCUT2D eigenvalue weighted by molar-refractivity contribution is 6.07. The lowest BCUT2D eigenvalue weighted by Gasteiger charge is -2.62. The van der Waals surface area contributed by atoms with Crippen LogP contribution in [0, 0.1) is 5.92 Å². The van der Waals surface area contributed by atoms with Gasteiger partial charge in [0.25, 0.3) is 5.91 Å². The second kappa shape index (κ2) is 9.22. The number of carbonyl (C=O) groups is 2. The van der Waals surface area contributed by atoms with Crippen LogP contribution in [0.1, 0.15) is 83.8 Å². The number of unbranched alkanes of at least 4 members (excludes halogenated alkanes) is 2. The Morgan fingerprint density at radius 1 is 1.14 bits per heavy atom. The van der Waals surface area contributed by atoms with Crippen LogP contribution < -0.4 is 10.1 Å². The number of fused-ring (bicyclic) bond motifs is 4. The number of aromatic amines is 1. The van der Waals surface area contributed by atoms with Crippen LogP contribution in [0.15, 0.2) is 30.3 Å². The van der Waals surface area contributed by atoms with Gasteiger partial charge in [-0.2, -0.15) is 0 Å². The number of nitrogens with one attached hydrogen (secondary N) is 2. The summed E-state index contributed by atoms with van der Waals surface area (Å²) in [7, 11) is 0. The Kier molecular flexibility index (Phi) is 5.73. The molecule has 2 aromatic carbocycles. The first-order valence-corrected chi connectivity index (χ1v) is 15.4. The van der Waals surface area contributed by atoms with E-state index in [9.17, 15) is 19.8 Å². The van der Waals surface area contributed by atoms with Crippen molar-refractivity contribution in [2.45, 2.75) is 80.9 Å². The number of para-hydroxylation sites is 1. The predicted molar refractivity (Wildman–Crippen MR) is 155 cm³/mol. The summed E-state index contributed by atoms with van der Waals surface area (Å²) < 4.78 is 6.68. The predicted octanol–water partition coefficient (Wildman–Crippen LogP) is 3.95. The van der Waals surface area contributed by atoms with E-state index in [-0.39, 0.29) is 24.1 Å². The molecule has 1 aromatic heterocycles. The number of aliphatic carboxylic acids is 1. The summed E-state index contributed by atoms with van der Waals surface area (Å²) >= 11 is 0.